The maximum Gasteiger partial charge on any atom is 0.0528 e. The van der Waals surface area contributed by atoms with E-state index in [4.69, 9.17) is 5.73 Å². The van der Waals surface area contributed by atoms with E-state index in [1.807, 2.05) is 30.2 Å². The van der Waals surface area contributed by atoms with Crippen LogP contribution in [-0.4, -0.2) is 17.3 Å². The molecular formula is C14H15N3S. The van der Waals surface area contributed by atoms with Crippen LogP contribution in [0.3, 0.4) is 0 Å². The topological polar surface area (TPSA) is 42.1 Å². The number of thioether (sulfide) groups is 1. The Morgan fingerprint density at radius 2 is 2.06 bits per heavy atom. The van der Waals surface area contributed by atoms with Crippen molar-refractivity contribution >= 4 is 23.1 Å². The first-order valence-electron chi connectivity index (χ1n) is 5.99. The number of fused-ring (bicyclic) bond motifs is 1. The lowest BCUT2D eigenvalue weighted by atomic mass is 10.2. The Balaban J connectivity index is 1.89. The first kappa shape index (κ1) is 11.4. The zero-order valence-electron chi connectivity index (χ0n) is 10.0. The number of hydrogen-bond donors (Lipinski definition) is 1. The summed E-state index contributed by atoms with van der Waals surface area (Å²) < 4.78 is 0. The predicted octanol–water partition coefficient (Wildman–Crippen LogP) is 2.78. The fourth-order valence-corrected chi connectivity index (χ4v) is 3.19. The summed E-state index contributed by atoms with van der Waals surface area (Å²) in [5.41, 5.74) is 9.26. The summed E-state index contributed by atoms with van der Waals surface area (Å²) in [4.78, 5) is 7.76. The van der Waals surface area contributed by atoms with Crippen molar-refractivity contribution in [3.63, 3.8) is 0 Å². The van der Waals surface area contributed by atoms with Crippen molar-refractivity contribution in [3.05, 3.63) is 48.3 Å². The molecule has 2 N–H and O–H groups in total. The van der Waals surface area contributed by atoms with Crippen LogP contribution in [0.2, 0.25) is 0 Å². The molecule has 3 rings (SSSR count). The molecule has 1 aliphatic heterocycles. The van der Waals surface area contributed by atoms with Crippen molar-refractivity contribution < 1.29 is 0 Å². The maximum atomic E-state index is 5.89. The third kappa shape index (κ3) is 2.29. The van der Waals surface area contributed by atoms with Gasteiger partial charge in [0.15, 0.2) is 0 Å². The smallest absolute Gasteiger partial charge is 0.0528 e. The Kier molecular flexibility index (Phi) is 3.11. The van der Waals surface area contributed by atoms with Gasteiger partial charge in [0, 0.05) is 41.8 Å². The summed E-state index contributed by atoms with van der Waals surface area (Å²) >= 11 is 1.90. The third-order valence-corrected chi connectivity index (χ3v) is 4.11. The molecule has 18 heavy (non-hydrogen) atoms. The van der Waals surface area contributed by atoms with Gasteiger partial charge < -0.3 is 10.6 Å². The van der Waals surface area contributed by atoms with Crippen molar-refractivity contribution in [2.24, 2.45) is 0 Å². The second-order valence-electron chi connectivity index (χ2n) is 4.35. The van der Waals surface area contributed by atoms with Gasteiger partial charge in [-0.3, -0.25) is 4.98 Å². The van der Waals surface area contributed by atoms with Gasteiger partial charge >= 0.3 is 0 Å². The highest BCUT2D eigenvalue weighted by Crippen LogP contribution is 2.36. The van der Waals surface area contributed by atoms with E-state index in [1.54, 1.807) is 0 Å². The normalized spacial score (nSPS) is 14.3. The Bertz CT molecular complexity index is 542. The molecule has 0 bridgehead atoms. The maximum absolute atomic E-state index is 5.89. The molecule has 0 amide bonds. The number of pyridine rings is 1. The molecule has 0 unspecified atom stereocenters. The summed E-state index contributed by atoms with van der Waals surface area (Å²) in [5, 5.41) is 0. The highest BCUT2D eigenvalue weighted by Gasteiger charge is 2.17. The van der Waals surface area contributed by atoms with Gasteiger partial charge in [0.1, 0.15) is 0 Å². The molecule has 0 fully saturated rings. The summed E-state index contributed by atoms with van der Waals surface area (Å²) in [5.74, 6) is 1.13. The standard InChI is InChI=1S/C14H15N3S/c15-12-1-2-14-13(9-12)17(7-8-18-14)10-11-3-5-16-6-4-11/h1-6,9H,7-8,10,15H2. The Hall–Kier alpha value is -1.68. The fraction of sp³-hybridized carbons (Fsp3) is 0.214. The Morgan fingerprint density at radius 3 is 2.89 bits per heavy atom. The van der Waals surface area contributed by atoms with Crippen LogP contribution in [0.1, 0.15) is 5.56 Å². The van der Waals surface area contributed by atoms with Gasteiger partial charge in [-0.15, -0.1) is 11.8 Å². The Morgan fingerprint density at radius 1 is 1.22 bits per heavy atom. The number of hydrogen-bond acceptors (Lipinski definition) is 4. The number of nitrogens with two attached hydrogens (primary N) is 1. The van der Waals surface area contributed by atoms with Crippen molar-refractivity contribution in [1.82, 2.24) is 4.98 Å². The first-order valence-corrected chi connectivity index (χ1v) is 6.98. The van der Waals surface area contributed by atoms with E-state index in [0.29, 0.717) is 0 Å². The summed E-state index contributed by atoms with van der Waals surface area (Å²) in [6, 6.07) is 10.3. The van der Waals surface area contributed by atoms with Gasteiger partial charge in [-0.25, -0.2) is 0 Å². The lowest BCUT2D eigenvalue weighted by molar-refractivity contribution is 0.816. The van der Waals surface area contributed by atoms with Gasteiger partial charge in [0.05, 0.1) is 5.69 Å². The molecule has 0 spiro atoms. The minimum absolute atomic E-state index is 0.830. The number of rotatable bonds is 2. The molecule has 0 saturated heterocycles. The lowest BCUT2D eigenvalue weighted by Gasteiger charge is -2.31. The van der Waals surface area contributed by atoms with E-state index in [9.17, 15) is 0 Å². The molecule has 1 aromatic carbocycles. The van der Waals surface area contributed by atoms with E-state index in [0.717, 1.165) is 24.5 Å². The predicted molar refractivity (Wildman–Crippen MR) is 76.9 cm³/mol. The van der Waals surface area contributed by atoms with E-state index < -0.39 is 0 Å². The molecule has 92 valence electrons. The number of nitrogens with zero attached hydrogens (tertiary/aromatic N) is 2. The van der Waals surface area contributed by atoms with Crippen LogP contribution >= 0.6 is 11.8 Å². The number of anilines is 2. The molecule has 2 heterocycles. The van der Waals surface area contributed by atoms with Crippen LogP contribution in [-0.2, 0) is 6.54 Å². The molecule has 3 nitrogen and oxygen atoms in total. The van der Waals surface area contributed by atoms with Gasteiger partial charge in [-0.05, 0) is 35.9 Å². The average Bonchev–Trinajstić information content (AvgIpc) is 2.41. The summed E-state index contributed by atoms with van der Waals surface area (Å²) in [6.45, 7) is 1.98. The summed E-state index contributed by atoms with van der Waals surface area (Å²) in [6.07, 6.45) is 3.68. The minimum atomic E-state index is 0.830. The molecule has 0 saturated carbocycles. The molecule has 1 aliphatic rings. The second-order valence-corrected chi connectivity index (χ2v) is 5.49. The number of benzene rings is 1. The van der Waals surface area contributed by atoms with E-state index >= 15 is 0 Å². The van der Waals surface area contributed by atoms with Gasteiger partial charge in [0.25, 0.3) is 0 Å². The van der Waals surface area contributed by atoms with E-state index in [-0.39, 0.29) is 0 Å². The van der Waals surface area contributed by atoms with Crippen LogP contribution in [0.25, 0.3) is 0 Å². The van der Waals surface area contributed by atoms with Crippen molar-refractivity contribution in [1.29, 1.82) is 0 Å². The Labute approximate surface area is 111 Å². The highest BCUT2D eigenvalue weighted by molar-refractivity contribution is 7.99. The minimum Gasteiger partial charge on any atom is -0.399 e. The second kappa shape index (κ2) is 4.90. The molecule has 4 heteroatoms. The van der Waals surface area contributed by atoms with Crippen molar-refractivity contribution in [2.75, 3.05) is 22.9 Å². The quantitative estimate of drug-likeness (QED) is 0.840. The summed E-state index contributed by atoms with van der Waals surface area (Å²) in [7, 11) is 0. The van der Waals surface area contributed by atoms with Crippen molar-refractivity contribution in [2.45, 2.75) is 11.4 Å². The third-order valence-electron chi connectivity index (χ3n) is 3.07. The first-order chi connectivity index (χ1) is 8.83. The van der Waals surface area contributed by atoms with Gasteiger partial charge in [-0.2, -0.15) is 0 Å². The van der Waals surface area contributed by atoms with Crippen LogP contribution in [0.5, 0.6) is 0 Å². The zero-order valence-corrected chi connectivity index (χ0v) is 10.9. The number of nitrogen functional groups attached to an aromatic ring is 1. The average molecular weight is 257 g/mol. The van der Waals surface area contributed by atoms with Crippen LogP contribution < -0.4 is 10.6 Å². The van der Waals surface area contributed by atoms with E-state index in [2.05, 4.69) is 34.1 Å². The van der Waals surface area contributed by atoms with Gasteiger partial charge in [-0.1, -0.05) is 0 Å². The van der Waals surface area contributed by atoms with Crippen molar-refractivity contribution in [3.8, 4) is 0 Å². The highest BCUT2D eigenvalue weighted by atomic mass is 32.2. The van der Waals surface area contributed by atoms with E-state index in [1.165, 1.54) is 16.1 Å². The SMILES string of the molecule is Nc1ccc2c(c1)N(Cc1ccncc1)CCS2. The molecule has 1 aromatic heterocycles. The number of aromatic nitrogens is 1. The molecule has 0 radical (unpaired) electrons. The monoisotopic (exact) mass is 257 g/mol. The zero-order chi connectivity index (χ0) is 12.4. The molecular weight excluding hydrogens is 242 g/mol. The molecule has 0 atom stereocenters. The lowest BCUT2D eigenvalue weighted by Crippen LogP contribution is -2.28. The molecule has 0 aliphatic carbocycles. The van der Waals surface area contributed by atoms with Crippen LogP contribution in [0.4, 0.5) is 11.4 Å². The molecule has 2 aromatic rings. The van der Waals surface area contributed by atoms with Gasteiger partial charge in [0.2, 0.25) is 0 Å². The largest absolute Gasteiger partial charge is 0.399 e. The van der Waals surface area contributed by atoms with Crippen LogP contribution in [0, 0.1) is 0 Å². The fourth-order valence-electron chi connectivity index (χ4n) is 2.16. The van der Waals surface area contributed by atoms with Crippen LogP contribution in [0.15, 0.2) is 47.6 Å².